The first-order chi connectivity index (χ1) is 14.8. The Kier molecular flexibility index (Phi) is 6.65. The monoisotopic (exact) mass is 465 g/mol. The number of thioether (sulfide) groups is 1. The minimum absolute atomic E-state index is 0.0861. The van der Waals surface area contributed by atoms with Crippen LogP contribution in [0.3, 0.4) is 0 Å². The highest BCUT2D eigenvalue weighted by atomic mass is 32.2. The van der Waals surface area contributed by atoms with Gasteiger partial charge in [-0.1, -0.05) is 26.7 Å². The van der Waals surface area contributed by atoms with Crippen LogP contribution in [-0.2, 0) is 19.6 Å². The van der Waals surface area contributed by atoms with Crippen molar-refractivity contribution in [2.45, 2.75) is 61.8 Å². The summed E-state index contributed by atoms with van der Waals surface area (Å²) >= 11 is 1.38. The molecule has 9 heteroatoms. The Hall–Kier alpha value is -1.58. The smallest absolute Gasteiger partial charge is 0.243 e. The maximum absolute atomic E-state index is 13.0. The highest BCUT2D eigenvalue weighted by Gasteiger charge is 2.33. The summed E-state index contributed by atoms with van der Waals surface area (Å²) in [7, 11) is -3.59. The number of fused-ring (bicyclic) bond motifs is 1. The lowest BCUT2D eigenvalue weighted by molar-refractivity contribution is -0.124. The van der Waals surface area contributed by atoms with Crippen molar-refractivity contribution in [2.24, 2.45) is 11.8 Å². The molecule has 4 rings (SSSR count). The van der Waals surface area contributed by atoms with E-state index in [0.29, 0.717) is 30.6 Å². The molecule has 0 bridgehead atoms. The zero-order chi connectivity index (χ0) is 22.2. The fourth-order valence-corrected chi connectivity index (χ4v) is 7.23. The predicted molar refractivity (Wildman–Crippen MR) is 122 cm³/mol. The van der Waals surface area contributed by atoms with E-state index in [1.165, 1.54) is 27.4 Å². The highest BCUT2D eigenvalue weighted by Crippen LogP contribution is 2.38. The molecule has 3 unspecified atom stereocenters. The van der Waals surface area contributed by atoms with Crippen LogP contribution in [0.15, 0.2) is 28.0 Å². The molecule has 3 atom stereocenters. The van der Waals surface area contributed by atoms with Crippen LogP contribution < -0.4 is 10.2 Å². The number of sulfonamides is 1. The van der Waals surface area contributed by atoms with E-state index in [0.717, 1.165) is 30.6 Å². The van der Waals surface area contributed by atoms with Crippen molar-refractivity contribution in [3.05, 3.63) is 18.2 Å². The van der Waals surface area contributed by atoms with E-state index in [1.54, 1.807) is 18.2 Å². The summed E-state index contributed by atoms with van der Waals surface area (Å²) in [5, 5.41) is 3.12. The number of nitrogens with zero attached hydrogens (tertiary/aromatic N) is 2. The summed E-state index contributed by atoms with van der Waals surface area (Å²) in [6.45, 7) is 5.35. The number of rotatable bonds is 5. The Balaban J connectivity index is 1.54. The largest absolute Gasteiger partial charge is 0.352 e. The number of carbonyl (C=O) groups excluding carboxylic acids is 2. The molecule has 2 aliphatic heterocycles. The number of amides is 2. The van der Waals surface area contributed by atoms with Gasteiger partial charge in [0.05, 0.1) is 16.3 Å². The van der Waals surface area contributed by atoms with Gasteiger partial charge < -0.3 is 10.2 Å². The van der Waals surface area contributed by atoms with Gasteiger partial charge >= 0.3 is 0 Å². The molecule has 1 N–H and O–H groups in total. The molecule has 7 nitrogen and oxygen atoms in total. The van der Waals surface area contributed by atoms with Gasteiger partial charge in [-0.15, -0.1) is 11.8 Å². The second-order valence-corrected chi connectivity index (χ2v) is 11.9. The van der Waals surface area contributed by atoms with Gasteiger partial charge in [0.15, 0.2) is 0 Å². The van der Waals surface area contributed by atoms with E-state index in [4.69, 9.17) is 0 Å². The average molecular weight is 466 g/mol. The quantitative estimate of drug-likeness (QED) is 0.723. The zero-order valence-electron chi connectivity index (χ0n) is 18.2. The zero-order valence-corrected chi connectivity index (χ0v) is 19.8. The van der Waals surface area contributed by atoms with Crippen LogP contribution in [0.2, 0.25) is 0 Å². The lowest BCUT2D eigenvalue weighted by atomic mass is 9.78. The average Bonchev–Trinajstić information content (AvgIpc) is 3.29. The Bertz CT molecular complexity index is 960. The third-order valence-corrected chi connectivity index (χ3v) is 9.87. The van der Waals surface area contributed by atoms with Gasteiger partial charge in [-0.2, -0.15) is 4.31 Å². The van der Waals surface area contributed by atoms with E-state index in [1.807, 2.05) is 0 Å². The Morgan fingerprint density at radius 1 is 1.16 bits per heavy atom. The van der Waals surface area contributed by atoms with Gasteiger partial charge in [-0.25, -0.2) is 8.42 Å². The Labute approximate surface area is 189 Å². The SMILES string of the molecule is CC1CCCC(NC(=O)CN2C(=O)CSc3ccc(S(=O)(=O)N4CCCC4)cc32)C1C. The number of nitrogens with one attached hydrogen (secondary N) is 1. The minimum Gasteiger partial charge on any atom is -0.352 e. The van der Waals surface area contributed by atoms with E-state index in [9.17, 15) is 18.0 Å². The second-order valence-electron chi connectivity index (χ2n) is 8.95. The second kappa shape index (κ2) is 9.11. The van der Waals surface area contributed by atoms with Gasteiger partial charge in [0.25, 0.3) is 0 Å². The fraction of sp³-hybridized carbons (Fsp3) is 0.636. The molecular weight excluding hydrogens is 434 g/mol. The molecule has 1 aromatic carbocycles. The van der Waals surface area contributed by atoms with Crippen molar-refractivity contribution in [2.75, 3.05) is 30.3 Å². The van der Waals surface area contributed by atoms with Gasteiger partial charge in [0.1, 0.15) is 6.54 Å². The predicted octanol–water partition coefficient (Wildman–Crippen LogP) is 2.85. The first-order valence-corrected chi connectivity index (χ1v) is 13.6. The van der Waals surface area contributed by atoms with Crippen LogP contribution in [0.25, 0.3) is 0 Å². The van der Waals surface area contributed by atoms with E-state index in [-0.39, 0.29) is 35.0 Å². The number of carbonyl (C=O) groups is 2. The molecule has 3 aliphatic rings. The van der Waals surface area contributed by atoms with Crippen LogP contribution in [-0.4, -0.2) is 56.0 Å². The summed E-state index contributed by atoms with van der Waals surface area (Å²) in [5.41, 5.74) is 0.515. The normalized spacial score (nSPS) is 27.2. The molecule has 2 heterocycles. The molecule has 1 aromatic rings. The van der Waals surface area contributed by atoms with E-state index >= 15 is 0 Å². The van der Waals surface area contributed by atoms with E-state index in [2.05, 4.69) is 19.2 Å². The number of hydrogen-bond donors (Lipinski definition) is 1. The topological polar surface area (TPSA) is 86.8 Å². The molecule has 1 saturated heterocycles. The van der Waals surface area contributed by atoms with Crippen LogP contribution in [0.1, 0.15) is 46.0 Å². The van der Waals surface area contributed by atoms with Crippen LogP contribution in [0.5, 0.6) is 0 Å². The van der Waals surface area contributed by atoms with Crippen molar-refractivity contribution >= 4 is 39.3 Å². The van der Waals surface area contributed by atoms with Crippen molar-refractivity contribution in [1.29, 1.82) is 0 Å². The Morgan fingerprint density at radius 3 is 2.65 bits per heavy atom. The molecule has 0 radical (unpaired) electrons. The first kappa shape index (κ1) is 22.6. The minimum atomic E-state index is -3.59. The van der Waals surface area contributed by atoms with Crippen LogP contribution >= 0.6 is 11.8 Å². The third kappa shape index (κ3) is 4.64. The van der Waals surface area contributed by atoms with Crippen molar-refractivity contribution in [3.8, 4) is 0 Å². The number of hydrogen-bond acceptors (Lipinski definition) is 5. The lowest BCUT2D eigenvalue weighted by Crippen LogP contribution is -2.49. The van der Waals surface area contributed by atoms with E-state index < -0.39 is 10.0 Å². The van der Waals surface area contributed by atoms with Gasteiger partial charge in [-0.3, -0.25) is 9.59 Å². The highest BCUT2D eigenvalue weighted by molar-refractivity contribution is 8.00. The van der Waals surface area contributed by atoms with Crippen LogP contribution in [0.4, 0.5) is 5.69 Å². The maximum Gasteiger partial charge on any atom is 0.243 e. The molecule has 0 spiro atoms. The summed E-state index contributed by atoms with van der Waals surface area (Å²) in [5.74, 6) is 0.842. The molecule has 1 saturated carbocycles. The first-order valence-electron chi connectivity index (χ1n) is 11.1. The third-order valence-electron chi connectivity index (χ3n) is 6.93. The van der Waals surface area contributed by atoms with Crippen molar-refractivity contribution < 1.29 is 18.0 Å². The Morgan fingerprint density at radius 2 is 1.90 bits per heavy atom. The number of benzene rings is 1. The summed E-state index contributed by atoms with van der Waals surface area (Å²) in [6.07, 6.45) is 4.95. The van der Waals surface area contributed by atoms with Gasteiger partial charge in [0, 0.05) is 24.0 Å². The standard InChI is InChI=1S/C22H31N3O4S2/c1-15-6-5-7-18(16(15)2)23-21(26)13-25-19-12-17(8-9-20(19)30-14-22(25)27)31(28,29)24-10-3-4-11-24/h8-9,12,15-16,18H,3-7,10-11,13-14H2,1-2H3,(H,23,26). The molecular formula is C22H31N3O4S2. The lowest BCUT2D eigenvalue weighted by Gasteiger charge is -2.35. The van der Waals surface area contributed by atoms with Gasteiger partial charge in [-0.05, 0) is 49.3 Å². The summed E-state index contributed by atoms with van der Waals surface area (Å²) in [4.78, 5) is 28.0. The summed E-state index contributed by atoms with van der Waals surface area (Å²) < 4.78 is 27.5. The van der Waals surface area contributed by atoms with Crippen molar-refractivity contribution in [3.63, 3.8) is 0 Å². The summed E-state index contributed by atoms with van der Waals surface area (Å²) in [6, 6.07) is 5.04. The van der Waals surface area contributed by atoms with Crippen LogP contribution in [0, 0.1) is 11.8 Å². The molecule has 170 valence electrons. The molecule has 31 heavy (non-hydrogen) atoms. The molecule has 1 aliphatic carbocycles. The van der Waals surface area contributed by atoms with Crippen molar-refractivity contribution in [1.82, 2.24) is 9.62 Å². The fourth-order valence-electron chi connectivity index (χ4n) is 4.78. The van der Waals surface area contributed by atoms with Gasteiger partial charge in [0.2, 0.25) is 21.8 Å². The molecule has 2 fully saturated rings. The number of anilines is 1. The molecule has 2 amide bonds. The maximum atomic E-state index is 13.0. The molecule has 0 aromatic heterocycles.